The number of hydrogen-bond acceptors (Lipinski definition) is 6. The Morgan fingerprint density at radius 1 is 1.14 bits per heavy atom. The van der Waals surface area contributed by atoms with E-state index < -0.39 is 11.3 Å². The number of carbonyl (C=O) groups excluding carboxylic acids is 2. The first-order valence-electron chi connectivity index (χ1n) is 12.3. The summed E-state index contributed by atoms with van der Waals surface area (Å²) in [6.45, 7) is 0.481. The van der Waals surface area contributed by atoms with E-state index in [1.54, 1.807) is 30.1 Å². The van der Waals surface area contributed by atoms with Crippen LogP contribution < -0.4 is 15.5 Å². The van der Waals surface area contributed by atoms with Gasteiger partial charge in [0.2, 0.25) is 11.8 Å². The Morgan fingerprint density at radius 2 is 1.97 bits per heavy atom. The molecule has 4 heterocycles. The lowest BCUT2D eigenvalue weighted by atomic mass is 9.94. The summed E-state index contributed by atoms with van der Waals surface area (Å²) >= 11 is 6.21. The van der Waals surface area contributed by atoms with Gasteiger partial charge in [-0.15, -0.1) is 0 Å². The number of anilines is 3. The van der Waals surface area contributed by atoms with Gasteiger partial charge in [0, 0.05) is 36.2 Å². The minimum absolute atomic E-state index is 0.0772. The Kier molecular flexibility index (Phi) is 4.81. The van der Waals surface area contributed by atoms with Crippen LogP contribution in [-0.4, -0.2) is 38.2 Å². The lowest BCUT2D eigenvalue weighted by Gasteiger charge is -2.11. The topological polar surface area (TPSA) is 105 Å². The maximum Gasteiger partial charge on any atom is 0.238 e. The van der Waals surface area contributed by atoms with E-state index in [1.807, 2.05) is 12.3 Å². The number of aromatic nitrogens is 4. The van der Waals surface area contributed by atoms with E-state index in [4.69, 9.17) is 11.6 Å². The van der Waals surface area contributed by atoms with Gasteiger partial charge >= 0.3 is 0 Å². The Balaban J connectivity index is 1.03. The number of amides is 2. The highest BCUT2D eigenvalue weighted by molar-refractivity contribution is 6.31. The monoisotopic (exact) mass is 513 g/mol. The molecule has 2 aliphatic carbocycles. The molecule has 2 saturated carbocycles. The molecular formula is C27H24ClN7O2. The zero-order valence-corrected chi connectivity index (χ0v) is 20.9. The molecule has 0 unspecified atom stereocenters. The molecule has 0 saturated heterocycles. The zero-order valence-electron chi connectivity index (χ0n) is 20.1. The van der Waals surface area contributed by atoms with Crippen LogP contribution in [0.3, 0.4) is 0 Å². The molecule has 2 fully saturated rings. The van der Waals surface area contributed by atoms with Gasteiger partial charge in [-0.25, -0.2) is 15.0 Å². The highest BCUT2D eigenvalue weighted by Crippen LogP contribution is 2.62. The zero-order chi connectivity index (χ0) is 25.3. The van der Waals surface area contributed by atoms with Crippen molar-refractivity contribution in [2.45, 2.75) is 37.1 Å². The van der Waals surface area contributed by atoms with Crippen LogP contribution in [0.5, 0.6) is 0 Å². The van der Waals surface area contributed by atoms with Crippen molar-refractivity contribution in [2.24, 2.45) is 5.92 Å². The van der Waals surface area contributed by atoms with E-state index in [1.165, 1.54) is 24.7 Å². The number of likely N-dealkylation sites (N-methyl/N-ethyl adjacent to an activating group) is 1. The lowest BCUT2D eigenvalue weighted by molar-refractivity contribution is -0.123. The number of rotatable bonds is 6. The fourth-order valence-electron chi connectivity index (χ4n) is 5.52. The van der Waals surface area contributed by atoms with Crippen molar-refractivity contribution in [1.82, 2.24) is 19.4 Å². The van der Waals surface area contributed by atoms with Gasteiger partial charge in [0.1, 0.15) is 23.6 Å². The normalized spacial score (nSPS) is 21.9. The van der Waals surface area contributed by atoms with Crippen LogP contribution in [0.15, 0.2) is 55.1 Å². The maximum absolute atomic E-state index is 13.1. The predicted octanol–water partition coefficient (Wildman–Crippen LogP) is 4.14. The van der Waals surface area contributed by atoms with Gasteiger partial charge in [-0.1, -0.05) is 17.7 Å². The Bertz CT molecular complexity index is 1600. The second-order valence-electron chi connectivity index (χ2n) is 10.1. The van der Waals surface area contributed by atoms with Crippen LogP contribution in [0.25, 0.3) is 5.65 Å². The SMILES string of the molecule is CN1C(=O)[C@@]2(C[C@@H]2C(=O)Nc2cc(NCc3cn4cc(C5CC5)ccc4n3)ncn2)c2cc(Cl)ccc21. The fourth-order valence-corrected chi connectivity index (χ4v) is 5.69. The molecule has 0 bridgehead atoms. The van der Waals surface area contributed by atoms with Crippen molar-refractivity contribution in [3.05, 3.63) is 77.0 Å². The molecule has 1 aromatic carbocycles. The van der Waals surface area contributed by atoms with Crippen LogP contribution in [0, 0.1) is 5.92 Å². The quantitative estimate of drug-likeness (QED) is 0.401. The highest BCUT2D eigenvalue weighted by Gasteiger charge is 2.69. The van der Waals surface area contributed by atoms with Crippen molar-refractivity contribution in [1.29, 1.82) is 0 Å². The van der Waals surface area contributed by atoms with Crippen molar-refractivity contribution in [3.8, 4) is 0 Å². The molecule has 186 valence electrons. The second-order valence-corrected chi connectivity index (χ2v) is 10.6. The standard InChI is InChI=1S/C27H24ClN7O2/c1-34-21-6-5-17(28)8-19(21)27(26(34)37)10-20(27)25(36)33-23-9-22(30-14-31-23)29-11-18-13-35-12-16(15-2-3-15)4-7-24(35)32-18/h4-9,12-15,20H,2-3,10-11H2,1H3,(H2,29,30,31,33,36)/t20-,27+/m1/s1. The van der Waals surface area contributed by atoms with Gasteiger partial charge < -0.3 is 19.9 Å². The summed E-state index contributed by atoms with van der Waals surface area (Å²) in [5, 5.41) is 6.67. The first-order valence-corrected chi connectivity index (χ1v) is 12.7. The molecule has 37 heavy (non-hydrogen) atoms. The van der Waals surface area contributed by atoms with E-state index >= 15 is 0 Å². The van der Waals surface area contributed by atoms with Gasteiger partial charge in [-0.3, -0.25) is 9.59 Å². The van der Waals surface area contributed by atoms with Crippen molar-refractivity contribution < 1.29 is 9.59 Å². The smallest absolute Gasteiger partial charge is 0.238 e. The van der Waals surface area contributed by atoms with Crippen LogP contribution in [0.4, 0.5) is 17.3 Å². The third-order valence-electron chi connectivity index (χ3n) is 7.71. The van der Waals surface area contributed by atoms with Gasteiger partial charge in [0.05, 0.1) is 23.6 Å². The molecule has 3 aromatic heterocycles. The summed E-state index contributed by atoms with van der Waals surface area (Å²) in [5.74, 6) is 0.831. The van der Waals surface area contributed by atoms with E-state index in [2.05, 4.69) is 48.3 Å². The summed E-state index contributed by atoms with van der Waals surface area (Å²) < 4.78 is 2.06. The van der Waals surface area contributed by atoms with Gasteiger partial charge in [0.15, 0.2) is 0 Å². The van der Waals surface area contributed by atoms with Gasteiger partial charge in [0.25, 0.3) is 0 Å². The Hall–Kier alpha value is -3.98. The number of halogens is 1. The van der Waals surface area contributed by atoms with Crippen LogP contribution >= 0.6 is 11.6 Å². The molecule has 2 N–H and O–H groups in total. The molecule has 0 radical (unpaired) electrons. The first-order chi connectivity index (χ1) is 17.9. The van der Waals surface area contributed by atoms with Gasteiger partial charge in [-0.2, -0.15) is 0 Å². The number of carbonyl (C=O) groups is 2. The summed E-state index contributed by atoms with van der Waals surface area (Å²) in [7, 11) is 1.73. The average molecular weight is 514 g/mol. The number of pyridine rings is 1. The molecule has 9 nitrogen and oxygen atoms in total. The minimum atomic E-state index is -0.852. The van der Waals surface area contributed by atoms with Crippen LogP contribution in [-0.2, 0) is 21.5 Å². The maximum atomic E-state index is 13.1. The lowest BCUT2D eigenvalue weighted by Crippen LogP contribution is -2.32. The van der Waals surface area contributed by atoms with Crippen LogP contribution in [0.1, 0.15) is 42.0 Å². The molecule has 7 rings (SSSR count). The van der Waals surface area contributed by atoms with E-state index in [0.717, 1.165) is 22.6 Å². The predicted molar refractivity (Wildman–Crippen MR) is 140 cm³/mol. The highest BCUT2D eigenvalue weighted by atomic mass is 35.5. The van der Waals surface area contributed by atoms with Crippen molar-refractivity contribution >= 4 is 46.4 Å². The summed E-state index contributed by atoms with van der Waals surface area (Å²) in [5.41, 5.74) is 3.91. The average Bonchev–Trinajstić information content (AvgIpc) is 3.81. The summed E-state index contributed by atoms with van der Waals surface area (Å²) in [6, 6.07) is 11.3. The summed E-state index contributed by atoms with van der Waals surface area (Å²) in [6.07, 6.45) is 8.55. The Morgan fingerprint density at radius 3 is 2.81 bits per heavy atom. The fraction of sp³-hybridized carbons (Fsp3) is 0.296. The minimum Gasteiger partial charge on any atom is -0.364 e. The molecule has 3 aliphatic rings. The summed E-state index contributed by atoms with van der Waals surface area (Å²) in [4.78, 5) is 41.0. The van der Waals surface area contributed by atoms with Crippen molar-refractivity contribution in [3.63, 3.8) is 0 Å². The largest absolute Gasteiger partial charge is 0.364 e. The Labute approximate surface area is 217 Å². The molecule has 4 aromatic rings. The first kappa shape index (κ1) is 22.2. The number of fused-ring (bicyclic) bond motifs is 3. The molecule has 10 heteroatoms. The van der Waals surface area contributed by atoms with Gasteiger partial charge in [-0.05, 0) is 60.6 Å². The third-order valence-corrected chi connectivity index (χ3v) is 7.94. The second kappa shape index (κ2) is 8.01. The number of nitrogens with zero attached hydrogens (tertiary/aromatic N) is 5. The third kappa shape index (κ3) is 3.64. The molecule has 1 aliphatic heterocycles. The van der Waals surface area contributed by atoms with E-state index in [9.17, 15) is 9.59 Å². The van der Waals surface area contributed by atoms with Crippen molar-refractivity contribution in [2.75, 3.05) is 22.6 Å². The number of benzene rings is 1. The molecule has 1 spiro atoms. The van der Waals surface area contributed by atoms with E-state index in [-0.39, 0.29) is 11.8 Å². The number of nitrogens with one attached hydrogen (secondary N) is 2. The van der Waals surface area contributed by atoms with E-state index in [0.29, 0.717) is 35.5 Å². The van der Waals surface area contributed by atoms with Crippen LogP contribution in [0.2, 0.25) is 5.02 Å². The molecule has 2 amide bonds. The number of hydrogen-bond donors (Lipinski definition) is 2. The number of imidazole rings is 1. The molecular weight excluding hydrogens is 490 g/mol. The molecule has 2 atom stereocenters.